The van der Waals surface area contributed by atoms with Crippen molar-refractivity contribution in [2.45, 2.75) is 26.2 Å². The summed E-state index contributed by atoms with van der Waals surface area (Å²) in [5, 5.41) is 5.26. The zero-order valence-electron chi connectivity index (χ0n) is 26.3. The molecular formula is C33H37F6N5O3. The van der Waals surface area contributed by atoms with E-state index >= 15 is 0 Å². The molecule has 1 aliphatic heterocycles. The highest BCUT2D eigenvalue weighted by atomic mass is 19.4. The van der Waals surface area contributed by atoms with E-state index < -0.39 is 40.9 Å². The first-order valence-electron chi connectivity index (χ1n) is 15.1. The summed E-state index contributed by atoms with van der Waals surface area (Å²) in [5.74, 6) is -0.890. The highest BCUT2D eigenvalue weighted by Crippen LogP contribution is 2.37. The van der Waals surface area contributed by atoms with Crippen molar-refractivity contribution < 1.29 is 40.7 Å². The predicted molar refractivity (Wildman–Crippen MR) is 168 cm³/mol. The molecule has 2 amide bonds. The van der Waals surface area contributed by atoms with E-state index in [1.807, 2.05) is 43.0 Å². The third kappa shape index (κ3) is 8.88. The number of benzene rings is 3. The largest absolute Gasteiger partial charge is 0.495 e. The minimum atomic E-state index is -5.11. The van der Waals surface area contributed by atoms with Gasteiger partial charge in [0.1, 0.15) is 5.75 Å². The first-order valence-corrected chi connectivity index (χ1v) is 15.1. The molecule has 3 aromatic carbocycles. The fourth-order valence-corrected chi connectivity index (χ4v) is 5.40. The summed E-state index contributed by atoms with van der Waals surface area (Å²) in [5.41, 5.74) is -2.29. The average molecular weight is 666 g/mol. The fourth-order valence-electron chi connectivity index (χ4n) is 5.40. The molecule has 0 aliphatic carbocycles. The Labute approximate surface area is 269 Å². The first kappa shape index (κ1) is 35.4. The summed E-state index contributed by atoms with van der Waals surface area (Å²) in [6.07, 6.45) is -10.2. The maximum absolute atomic E-state index is 13.5. The second-order valence-electron chi connectivity index (χ2n) is 10.9. The molecule has 47 heavy (non-hydrogen) atoms. The van der Waals surface area contributed by atoms with Crippen molar-refractivity contribution in [2.75, 3.05) is 74.6 Å². The standard InChI is InChI=1S/C33H37F6N5O3/c1-4-42(5-2)13-12-40-31(46)26-21-25(41-30(45)22-18-23(32(34,35)36)20-24(19-22)33(37,38)39)10-11-27(26)43-14-16-44(17-15-43)28-8-6-7-9-29(28)47-3/h6-11,18-21H,4-5,12-17H2,1-3H3,(H,40,46)(H,41,45). The molecule has 3 aromatic rings. The molecule has 0 unspecified atom stereocenters. The van der Waals surface area contributed by atoms with E-state index in [2.05, 4.69) is 20.4 Å². The van der Waals surface area contributed by atoms with E-state index in [-0.39, 0.29) is 17.3 Å². The third-order valence-corrected chi connectivity index (χ3v) is 8.00. The number of carbonyl (C=O) groups is 2. The van der Waals surface area contributed by atoms with Crippen molar-refractivity contribution >= 4 is 28.9 Å². The van der Waals surface area contributed by atoms with Gasteiger partial charge in [-0.25, -0.2) is 0 Å². The van der Waals surface area contributed by atoms with Gasteiger partial charge in [0.15, 0.2) is 0 Å². The van der Waals surface area contributed by atoms with Gasteiger partial charge in [-0.3, -0.25) is 9.59 Å². The van der Waals surface area contributed by atoms with Crippen LogP contribution in [0.4, 0.5) is 43.4 Å². The van der Waals surface area contributed by atoms with Crippen LogP contribution < -0.4 is 25.2 Å². The number of rotatable bonds is 11. The normalized spacial score (nSPS) is 13.9. The molecule has 4 rings (SSSR count). The van der Waals surface area contributed by atoms with Gasteiger partial charge in [-0.2, -0.15) is 26.3 Å². The van der Waals surface area contributed by atoms with Crippen LogP contribution in [0.25, 0.3) is 0 Å². The minimum absolute atomic E-state index is 0.0336. The average Bonchev–Trinajstić information content (AvgIpc) is 3.05. The number of carbonyl (C=O) groups excluding carboxylic acids is 2. The van der Waals surface area contributed by atoms with Gasteiger partial charge in [0.2, 0.25) is 0 Å². The smallest absolute Gasteiger partial charge is 0.416 e. The number of halogens is 6. The topological polar surface area (TPSA) is 77.2 Å². The zero-order valence-corrected chi connectivity index (χ0v) is 26.3. The van der Waals surface area contributed by atoms with Crippen LogP contribution in [-0.2, 0) is 12.4 Å². The Hall–Kier alpha value is -4.46. The Morgan fingerprint density at radius 1 is 0.787 bits per heavy atom. The number of ether oxygens (including phenoxy) is 1. The SMILES string of the molecule is CCN(CC)CCNC(=O)c1cc(NC(=O)c2cc(C(F)(F)F)cc(C(F)(F)F)c2)ccc1N1CCN(c2ccccc2OC)CC1. The Morgan fingerprint density at radius 2 is 1.36 bits per heavy atom. The quantitative estimate of drug-likeness (QED) is 0.232. The molecule has 1 heterocycles. The Balaban J connectivity index is 1.60. The van der Waals surface area contributed by atoms with Crippen molar-refractivity contribution in [3.8, 4) is 5.75 Å². The van der Waals surface area contributed by atoms with Crippen LogP contribution in [-0.4, -0.2) is 76.2 Å². The van der Waals surface area contributed by atoms with Crippen molar-refractivity contribution in [1.82, 2.24) is 10.2 Å². The second kappa shape index (κ2) is 15.0. The Bertz CT molecular complexity index is 1520. The lowest BCUT2D eigenvalue weighted by Gasteiger charge is -2.38. The van der Waals surface area contributed by atoms with Crippen LogP contribution >= 0.6 is 0 Å². The number of alkyl halides is 6. The van der Waals surface area contributed by atoms with Crippen LogP contribution in [0.15, 0.2) is 60.7 Å². The van der Waals surface area contributed by atoms with Gasteiger partial charge in [0.05, 0.1) is 29.5 Å². The lowest BCUT2D eigenvalue weighted by atomic mass is 10.0. The van der Waals surface area contributed by atoms with Gasteiger partial charge in [-0.05, 0) is 61.6 Å². The Kier molecular flexibility index (Phi) is 11.3. The van der Waals surface area contributed by atoms with Crippen molar-refractivity contribution in [3.63, 3.8) is 0 Å². The zero-order chi connectivity index (χ0) is 34.4. The third-order valence-electron chi connectivity index (χ3n) is 8.00. The molecular weight excluding hydrogens is 628 g/mol. The number of piperazine rings is 1. The molecule has 2 N–H and O–H groups in total. The summed E-state index contributed by atoms with van der Waals surface area (Å²) < 4.78 is 85.8. The van der Waals surface area contributed by atoms with E-state index in [4.69, 9.17) is 4.74 Å². The number of methoxy groups -OCH3 is 1. The van der Waals surface area contributed by atoms with Gasteiger partial charge in [0.25, 0.3) is 11.8 Å². The second-order valence-corrected chi connectivity index (χ2v) is 10.9. The highest BCUT2D eigenvalue weighted by molar-refractivity contribution is 6.06. The molecule has 1 aliphatic rings. The molecule has 14 heteroatoms. The maximum atomic E-state index is 13.5. The molecule has 8 nitrogen and oxygen atoms in total. The molecule has 0 spiro atoms. The highest BCUT2D eigenvalue weighted by Gasteiger charge is 2.37. The van der Waals surface area contributed by atoms with Crippen molar-refractivity contribution in [3.05, 3.63) is 82.9 Å². The minimum Gasteiger partial charge on any atom is -0.495 e. The van der Waals surface area contributed by atoms with E-state index in [1.165, 1.54) is 12.1 Å². The monoisotopic (exact) mass is 665 g/mol. The van der Waals surface area contributed by atoms with E-state index in [0.29, 0.717) is 57.1 Å². The van der Waals surface area contributed by atoms with E-state index in [1.54, 1.807) is 13.2 Å². The Morgan fingerprint density at radius 3 is 1.91 bits per heavy atom. The number of anilines is 3. The number of nitrogens with one attached hydrogen (secondary N) is 2. The predicted octanol–water partition coefficient (Wildman–Crippen LogP) is 6.38. The summed E-state index contributed by atoms with van der Waals surface area (Å²) in [7, 11) is 1.60. The van der Waals surface area contributed by atoms with Crippen molar-refractivity contribution in [1.29, 1.82) is 0 Å². The molecule has 1 fully saturated rings. The van der Waals surface area contributed by atoms with Gasteiger partial charge in [-0.1, -0.05) is 26.0 Å². The summed E-state index contributed by atoms with van der Waals surface area (Å²) in [4.78, 5) is 32.8. The number of hydrogen-bond donors (Lipinski definition) is 2. The summed E-state index contributed by atoms with van der Waals surface area (Å²) >= 11 is 0. The van der Waals surface area contributed by atoms with Gasteiger partial charge >= 0.3 is 12.4 Å². The molecule has 1 saturated heterocycles. The van der Waals surface area contributed by atoms with Gasteiger partial charge < -0.3 is 30.1 Å². The molecule has 0 bridgehead atoms. The lowest BCUT2D eigenvalue weighted by molar-refractivity contribution is -0.143. The maximum Gasteiger partial charge on any atom is 0.416 e. The number of likely N-dealkylation sites (N-methyl/N-ethyl adjacent to an activating group) is 1. The number of amides is 2. The summed E-state index contributed by atoms with van der Waals surface area (Å²) in [6, 6.07) is 12.8. The van der Waals surface area contributed by atoms with Crippen molar-refractivity contribution in [2.24, 2.45) is 0 Å². The molecule has 0 saturated carbocycles. The van der Waals surface area contributed by atoms with Gasteiger partial charge in [0, 0.05) is 56.2 Å². The van der Waals surface area contributed by atoms with Crippen LogP contribution in [0, 0.1) is 0 Å². The van der Waals surface area contributed by atoms with Crippen LogP contribution in [0.2, 0.25) is 0 Å². The molecule has 0 atom stereocenters. The van der Waals surface area contributed by atoms with E-state index in [0.717, 1.165) is 24.5 Å². The molecule has 0 radical (unpaired) electrons. The fraction of sp³-hybridized carbons (Fsp3) is 0.394. The first-order chi connectivity index (χ1) is 22.2. The van der Waals surface area contributed by atoms with Crippen LogP contribution in [0.3, 0.4) is 0 Å². The number of nitrogens with zero attached hydrogens (tertiary/aromatic N) is 3. The molecule has 0 aromatic heterocycles. The van der Waals surface area contributed by atoms with E-state index in [9.17, 15) is 35.9 Å². The van der Waals surface area contributed by atoms with Gasteiger partial charge in [-0.15, -0.1) is 0 Å². The number of para-hydroxylation sites is 2. The summed E-state index contributed by atoms with van der Waals surface area (Å²) in [6.45, 7) is 8.81. The lowest BCUT2D eigenvalue weighted by Crippen LogP contribution is -2.47. The van der Waals surface area contributed by atoms with Crippen LogP contribution in [0.1, 0.15) is 45.7 Å². The molecule has 254 valence electrons. The van der Waals surface area contributed by atoms with Crippen LogP contribution in [0.5, 0.6) is 5.75 Å². The number of hydrogen-bond acceptors (Lipinski definition) is 6.